The van der Waals surface area contributed by atoms with Gasteiger partial charge in [0.05, 0.1) is 64.0 Å². The molecule has 0 radical (unpaired) electrons. The first-order valence-electron chi connectivity index (χ1n) is 8.86. The second-order valence-corrected chi connectivity index (χ2v) is 6.17. The van der Waals surface area contributed by atoms with Gasteiger partial charge in [0.2, 0.25) is 0 Å². The van der Waals surface area contributed by atoms with Crippen molar-refractivity contribution in [2.75, 3.05) is 52.9 Å². The van der Waals surface area contributed by atoms with Gasteiger partial charge in [0.1, 0.15) is 0 Å². The highest BCUT2D eigenvalue weighted by Crippen LogP contribution is 2.10. The Balaban J connectivity index is -0.000000352. The molecule has 1 rings (SSSR count). The van der Waals surface area contributed by atoms with Gasteiger partial charge >= 0.3 is 11.9 Å². The smallest absolute Gasteiger partial charge is 0.335 e. The Morgan fingerprint density at radius 2 is 1.00 bits per heavy atom. The summed E-state index contributed by atoms with van der Waals surface area (Å²) in [5.74, 6) is -2.13. The molecule has 0 amide bonds. The van der Waals surface area contributed by atoms with E-state index in [0.29, 0.717) is 13.2 Å². The third kappa shape index (κ3) is 22.2. The lowest BCUT2D eigenvalue weighted by molar-refractivity contribution is 0.0650. The maximum absolute atomic E-state index is 10.3. The lowest BCUT2D eigenvalue weighted by atomic mass is 9.97. The molecule has 0 fully saturated rings. The SMILES string of the molecule is CC(C)(CO)CO.O=C(O)c1ccc(C(=O)O)cc1.OCCO.OCCOCCO. The molecule has 0 saturated carbocycles. The minimum atomic E-state index is -1.06. The van der Waals surface area contributed by atoms with E-state index in [0.717, 1.165) is 0 Å². The Bertz CT molecular complexity index is 485. The van der Waals surface area contributed by atoms with Gasteiger partial charge in [0.15, 0.2) is 0 Å². The van der Waals surface area contributed by atoms with Gasteiger partial charge in [0.25, 0.3) is 0 Å². The van der Waals surface area contributed by atoms with Crippen LogP contribution in [0.3, 0.4) is 0 Å². The number of carboxylic acid groups (broad SMARTS) is 2. The Morgan fingerprint density at radius 1 is 0.700 bits per heavy atom. The van der Waals surface area contributed by atoms with Crippen molar-refractivity contribution in [3.63, 3.8) is 0 Å². The third-order valence-electron chi connectivity index (χ3n) is 2.81. The summed E-state index contributed by atoms with van der Waals surface area (Å²) < 4.78 is 4.63. The molecule has 0 aliphatic heterocycles. The van der Waals surface area contributed by atoms with Crippen LogP contribution in [0.15, 0.2) is 24.3 Å². The summed E-state index contributed by atoms with van der Waals surface area (Å²) in [7, 11) is 0. The second-order valence-electron chi connectivity index (χ2n) is 6.17. The summed E-state index contributed by atoms with van der Waals surface area (Å²) in [6.07, 6.45) is 0. The van der Waals surface area contributed by atoms with Crippen molar-refractivity contribution in [2.24, 2.45) is 5.41 Å². The molecule has 11 nitrogen and oxygen atoms in total. The van der Waals surface area contributed by atoms with Crippen LogP contribution in [0.25, 0.3) is 0 Å². The Labute approximate surface area is 175 Å². The van der Waals surface area contributed by atoms with Gasteiger partial charge in [-0.15, -0.1) is 0 Å². The van der Waals surface area contributed by atoms with E-state index in [9.17, 15) is 9.59 Å². The van der Waals surface area contributed by atoms with Crippen LogP contribution in [0.2, 0.25) is 0 Å². The average molecular weight is 438 g/mol. The van der Waals surface area contributed by atoms with Crippen LogP contribution in [-0.2, 0) is 4.74 Å². The molecular formula is C19H34O11. The molecule has 0 atom stereocenters. The van der Waals surface area contributed by atoms with E-state index in [2.05, 4.69) is 4.74 Å². The molecule has 0 bridgehead atoms. The maximum Gasteiger partial charge on any atom is 0.335 e. The molecule has 11 heteroatoms. The van der Waals surface area contributed by atoms with Crippen LogP contribution in [-0.4, -0.2) is 106 Å². The minimum absolute atomic E-state index is 0.0278. The highest BCUT2D eigenvalue weighted by atomic mass is 16.5. The fourth-order valence-electron chi connectivity index (χ4n) is 1.04. The molecule has 0 aliphatic carbocycles. The molecule has 0 spiro atoms. The van der Waals surface area contributed by atoms with Crippen molar-refractivity contribution in [1.29, 1.82) is 0 Å². The van der Waals surface area contributed by atoms with Gasteiger partial charge < -0.3 is 45.6 Å². The Hall–Kier alpha value is -2.12. The first kappa shape index (κ1) is 32.5. The minimum Gasteiger partial charge on any atom is -0.478 e. The van der Waals surface area contributed by atoms with Crippen molar-refractivity contribution in [1.82, 2.24) is 0 Å². The molecule has 30 heavy (non-hydrogen) atoms. The number of ether oxygens (including phenoxy) is 1. The number of aromatic carboxylic acids is 2. The summed E-state index contributed by atoms with van der Waals surface area (Å²) in [6, 6.07) is 5.02. The highest BCUT2D eigenvalue weighted by molar-refractivity contribution is 5.91. The zero-order chi connectivity index (χ0) is 24.0. The molecule has 1 aromatic rings. The monoisotopic (exact) mass is 438 g/mol. The van der Waals surface area contributed by atoms with Crippen LogP contribution < -0.4 is 0 Å². The fourth-order valence-corrected chi connectivity index (χ4v) is 1.04. The van der Waals surface area contributed by atoms with Crippen LogP contribution in [0.1, 0.15) is 34.6 Å². The largest absolute Gasteiger partial charge is 0.478 e. The second kappa shape index (κ2) is 21.6. The zero-order valence-corrected chi connectivity index (χ0v) is 17.3. The molecule has 0 saturated heterocycles. The van der Waals surface area contributed by atoms with Crippen LogP contribution in [0.4, 0.5) is 0 Å². The molecule has 8 N–H and O–H groups in total. The summed E-state index contributed by atoms with van der Waals surface area (Å²) in [4.78, 5) is 20.7. The number of rotatable bonds is 9. The summed E-state index contributed by atoms with van der Waals surface area (Å²) in [5, 5.41) is 65.2. The number of benzene rings is 1. The van der Waals surface area contributed by atoms with Crippen LogP contribution in [0.5, 0.6) is 0 Å². The van der Waals surface area contributed by atoms with Gasteiger partial charge in [-0.05, 0) is 24.3 Å². The van der Waals surface area contributed by atoms with Crippen molar-refractivity contribution in [2.45, 2.75) is 13.8 Å². The predicted molar refractivity (Wildman–Crippen MR) is 107 cm³/mol. The molecular weight excluding hydrogens is 404 g/mol. The molecule has 1 aromatic carbocycles. The van der Waals surface area contributed by atoms with E-state index in [1.165, 1.54) is 24.3 Å². The van der Waals surface area contributed by atoms with Crippen molar-refractivity contribution >= 4 is 11.9 Å². The Morgan fingerprint density at radius 3 is 1.13 bits per heavy atom. The van der Waals surface area contributed by atoms with Gasteiger partial charge in [0, 0.05) is 5.41 Å². The molecule has 0 heterocycles. The summed E-state index contributed by atoms with van der Waals surface area (Å²) in [6.45, 7) is 4.13. The van der Waals surface area contributed by atoms with Crippen LogP contribution >= 0.6 is 0 Å². The first-order valence-corrected chi connectivity index (χ1v) is 8.86. The number of carboxylic acids is 2. The summed E-state index contributed by atoms with van der Waals surface area (Å²) in [5.41, 5.74) is -0.139. The number of hydrogen-bond donors (Lipinski definition) is 8. The van der Waals surface area contributed by atoms with Crippen molar-refractivity contribution in [3.8, 4) is 0 Å². The Kier molecular flexibility index (Phi) is 23.4. The van der Waals surface area contributed by atoms with E-state index >= 15 is 0 Å². The number of aliphatic hydroxyl groups is 6. The van der Waals surface area contributed by atoms with Gasteiger partial charge in [-0.25, -0.2) is 9.59 Å². The number of carbonyl (C=O) groups is 2. The van der Waals surface area contributed by atoms with Crippen molar-refractivity contribution < 1.29 is 55.2 Å². The average Bonchev–Trinajstić information content (AvgIpc) is 2.75. The van der Waals surface area contributed by atoms with Gasteiger partial charge in [-0.3, -0.25) is 0 Å². The van der Waals surface area contributed by atoms with Gasteiger partial charge in [-0.1, -0.05) is 13.8 Å². The lowest BCUT2D eigenvalue weighted by Gasteiger charge is -2.16. The molecule has 0 aliphatic rings. The van der Waals surface area contributed by atoms with E-state index < -0.39 is 11.9 Å². The molecule has 0 aromatic heterocycles. The van der Waals surface area contributed by atoms with E-state index in [-0.39, 0.29) is 56.2 Å². The predicted octanol–water partition coefficient (Wildman–Crippen LogP) is -0.961. The number of hydrogen-bond acceptors (Lipinski definition) is 9. The molecule has 176 valence electrons. The van der Waals surface area contributed by atoms with E-state index in [4.69, 9.17) is 40.9 Å². The van der Waals surface area contributed by atoms with E-state index in [1.807, 2.05) is 0 Å². The standard InChI is InChI=1S/C8H6O4.C5H12O2.C4H10O3.C2H6O2/c9-7(10)5-1-2-6(4-3-5)8(11)12;1-5(2,3-6)4-7;5-1-3-7-4-2-6;3-1-2-4/h1-4H,(H,9,10)(H,11,12);6-7H,3-4H2,1-2H3;5-6H,1-4H2;3-4H,1-2H2. The van der Waals surface area contributed by atoms with Crippen molar-refractivity contribution in [3.05, 3.63) is 35.4 Å². The fraction of sp³-hybridized carbons (Fsp3) is 0.579. The van der Waals surface area contributed by atoms with Gasteiger partial charge in [-0.2, -0.15) is 0 Å². The van der Waals surface area contributed by atoms with Crippen LogP contribution in [0, 0.1) is 5.41 Å². The highest BCUT2D eigenvalue weighted by Gasteiger charge is 2.13. The zero-order valence-electron chi connectivity index (χ0n) is 17.3. The maximum atomic E-state index is 10.3. The summed E-state index contributed by atoms with van der Waals surface area (Å²) >= 11 is 0. The van der Waals surface area contributed by atoms with E-state index in [1.54, 1.807) is 13.8 Å². The quantitative estimate of drug-likeness (QED) is 0.220. The molecule has 0 unspecified atom stereocenters. The normalized spacial score (nSPS) is 9.73. The third-order valence-corrected chi connectivity index (χ3v) is 2.81. The lowest BCUT2D eigenvalue weighted by Crippen LogP contribution is -2.20. The first-order chi connectivity index (χ1) is 14.1. The topological polar surface area (TPSA) is 205 Å². The number of aliphatic hydroxyl groups excluding tert-OH is 6.